The normalized spacial score (nSPS) is 10.8. The van der Waals surface area contributed by atoms with E-state index in [1.165, 1.54) is 5.56 Å². The molecule has 0 saturated carbocycles. The zero-order valence-corrected chi connectivity index (χ0v) is 17.5. The van der Waals surface area contributed by atoms with Gasteiger partial charge < -0.3 is 11.1 Å². The monoisotopic (exact) mass is 409 g/mol. The van der Waals surface area contributed by atoms with E-state index in [0.29, 0.717) is 11.1 Å². The van der Waals surface area contributed by atoms with E-state index in [4.69, 9.17) is 10.7 Å². The number of carbonyl (C=O) groups excluding carboxylic acids is 2. The molecule has 0 atom stereocenters. The van der Waals surface area contributed by atoms with Gasteiger partial charge in [0.2, 0.25) is 5.91 Å². The Kier molecular flexibility index (Phi) is 5.50. The summed E-state index contributed by atoms with van der Waals surface area (Å²) in [7, 11) is 0. The molecule has 3 N–H and O–H groups in total. The Bertz CT molecular complexity index is 1310. The van der Waals surface area contributed by atoms with E-state index in [-0.39, 0.29) is 12.5 Å². The number of para-hydroxylation sites is 1. The summed E-state index contributed by atoms with van der Waals surface area (Å²) in [5.74, 6) is -0.694. The van der Waals surface area contributed by atoms with Gasteiger partial charge in [0.25, 0.3) is 5.91 Å². The highest BCUT2D eigenvalue weighted by Gasteiger charge is 2.15. The molecule has 2 amide bonds. The highest BCUT2D eigenvalue weighted by Crippen LogP contribution is 2.27. The summed E-state index contributed by atoms with van der Waals surface area (Å²) in [5, 5.41) is 3.75. The van der Waals surface area contributed by atoms with Gasteiger partial charge in [0.1, 0.15) is 0 Å². The van der Waals surface area contributed by atoms with Crippen LogP contribution in [0.3, 0.4) is 0 Å². The molecular weight excluding hydrogens is 386 g/mol. The van der Waals surface area contributed by atoms with E-state index >= 15 is 0 Å². The highest BCUT2D eigenvalue weighted by molar-refractivity contribution is 6.07. The van der Waals surface area contributed by atoms with E-state index < -0.39 is 5.91 Å². The summed E-state index contributed by atoms with van der Waals surface area (Å²) >= 11 is 0. The van der Waals surface area contributed by atoms with Crippen LogP contribution in [0.1, 0.15) is 37.4 Å². The van der Waals surface area contributed by atoms with Crippen LogP contribution >= 0.6 is 0 Å². The molecule has 0 spiro atoms. The number of hydrogen-bond donors (Lipinski definition) is 2. The van der Waals surface area contributed by atoms with Gasteiger partial charge in [-0.1, -0.05) is 54.1 Å². The lowest BCUT2D eigenvalue weighted by Crippen LogP contribution is -2.23. The molecule has 5 nitrogen and oxygen atoms in total. The quantitative estimate of drug-likeness (QED) is 0.507. The number of nitrogens with two attached hydrogens (primary N) is 1. The predicted octanol–water partition coefficient (Wildman–Crippen LogP) is 4.55. The molecular formula is C26H23N3O2. The van der Waals surface area contributed by atoms with Crippen molar-refractivity contribution in [3.63, 3.8) is 0 Å². The molecule has 0 radical (unpaired) electrons. The Morgan fingerprint density at radius 2 is 1.74 bits per heavy atom. The zero-order chi connectivity index (χ0) is 22.0. The van der Waals surface area contributed by atoms with Gasteiger partial charge in [-0.2, -0.15) is 0 Å². The maximum atomic E-state index is 13.1. The van der Waals surface area contributed by atoms with E-state index in [0.717, 1.165) is 33.3 Å². The summed E-state index contributed by atoms with van der Waals surface area (Å²) < 4.78 is 0. The van der Waals surface area contributed by atoms with Crippen LogP contribution in [0.5, 0.6) is 0 Å². The standard InChI is InChI=1S/C26H23N3O2/c1-16-10-11-20(17(2)12-16)24-14-22(21-8-3-4-9-23(21)29-24)26(31)28-15-18-6-5-7-19(13-18)25(27)30/h3-14H,15H2,1-2H3,(H2,27,30)(H,28,31). The lowest BCUT2D eigenvalue weighted by Gasteiger charge is -2.12. The smallest absolute Gasteiger partial charge is 0.252 e. The molecule has 0 fully saturated rings. The molecule has 0 saturated heterocycles. The number of hydrogen-bond acceptors (Lipinski definition) is 3. The number of aromatic nitrogens is 1. The minimum Gasteiger partial charge on any atom is -0.366 e. The number of benzene rings is 3. The third-order valence-electron chi connectivity index (χ3n) is 5.28. The van der Waals surface area contributed by atoms with Gasteiger partial charge in [-0.05, 0) is 49.2 Å². The van der Waals surface area contributed by atoms with Crippen LogP contribution in [-0.2, 0) is 6.54 Å². The second-order valence-corrected chi connectivity index (χ2v) is 7.64. The van der Waals surface area contributed by atoms with Crippen molar-refractivity contribution in [2.75, 3.05) is 0 Å². The van der Waals surface area contributed by atoms with Crippen molar-refractivity contribution in [2.45, 2.75) is 20.4 Å². The first-order chi connectivity index (χ1) is 14.9. The Labute approximate surface area is 180 Å². The first kappa shape index (κ1) is 20.3. The van der Waals surface area contributed by atoms with Crippen molar-refractivity contribution in [2.24, 2.45) is 5.73 Å². The number of nitrogens with zero attached hydrogens (tertiary/aromatic N) is 1. The number of primary amides is 1. The molecule has 1 heterocycles. The number of fused-ring (bicyclic) bond motifs is 1. The maximum absolute atomic E-state index is 13.1. The lowest BCUT2D eigenvalue weighted by molar-refractivity contribution is 0.0952. The van der Waals surface area contributed by atoms with Crippen LogP contribution in [0.2, 0.25) is 0 Å². The molecule has 0 aliphatic heterocycles. The van der Waals surface area contributed by atoms with Crippen molar-refractivity contribution < 1.29 is 9.59 Å². The summed E-state index contributed by atoms with van der Waals surface area (Å²) in [4.78, 5) is 29.3. The first-order valence-electron chi connectivity index (χ1n) is 10.1. The summed E-state index contributed by atoms with van der Waals surface area (Å²) in [6.45, 7) is 4.39. The van der Waals surface area contributed by atoms with Gasteiger partial charge in [0, 0.05) is 23.1 Å². The average molecular weight is 409 g/mol. The Hall–Kier alpha value is -3.99. The van der Waals surface area contributed by atoms with Gasteiger partial charge in [-0.15, -0.1) is 0 Å². The summed E-state index contributed by atoms with van der Waals surface area (Å²) in [5.41, 5.74) is 11.9. The van der Waals surface area contributed by atoms with Gasteiger partial charge >= 0.3 is 0 Å². The third kappa shape index (κ3) is 4.31. The molecule has 31 heavy (non-hydrogen) atoms. The summed E-state index contributed by atoms with van der Waals surface area (Å²) in [6, 6.07) is 22.6. The fourth-order valence-corrected chi connectivity index (χ4v) is 3.71. The minimum atomic E-state index is -0.494. The number of carbonyl (C=O) groups is 2. The SMILES string of the molecule is Cc1ccc(-c2cc(C(=O)NCc3cccc(C(N)=O)c3)c3ccccc3n2)c(C)c1. The van der Waals surface area contributed by atoms with E-state index in [9.17, 15) is 9.59 Å². The fourth-order valence-electron chi connectivity index (χ4n) is 3.71. The lowest BCUT2D eigenvalue weighted by atomic mass is 9.99. The predicted molar refractivity (Wildman–Crippen MR) is 123 cm³/mol. The average Bonchev–Trinajstić information content (AvgIpc) is 2.77. The van der Waals surface area contributed by atoms with Crippen molar-refractivity contribution in [3.05, 3.63) is 101 Å². The fraction of sp³-hybridized carbons (Fsp3) is 0.115. The van der Waals surface area contributed by atoms with E-state index in [1.807, 2.05) is 55.5 Å². The molecule has 0 aliphatic rings. The van der Waals surface area contributed by atoms with E-state index in [2.05, 4.69) is 18.3 Å². The molecule has 1 aromatic heterocycles. The Morgan fingerprint density at radius 1 is 0.935 bits per heavy atom. The second-order valence-electron chi connectivity index (χ2n) is 7.64. The number of rotatable bonds is 5. The number of aryl methyl sites for hydroxylation is 2. The highest BCUT2D eigenvalue weighted by atomic mass is 16.2. The van der Waals surface area contributed by atoms with Gasteiger partial charge in [-0.3, -0.25) is 9.59 Å². The molecule has 4 rings (SSSR count). The third-order valence-corrected chi connectivity index (χ3v) is 5.28. The largest absolute Gasteiger partial charge is 0.366 e. The molecule has 0 aliphatic carbocycles. The number of nitrogens with one attached hydrogen (secondary N) is 1. The van der Waals surface area contributed by atoms with Gasteiger partial charge in [-0.25, -0.2) is 4.98 Å². The topological polar surface area (TPSA) is 85.1 Å². The molecule has 0 unspecified atom stereocenters. The molecule has 5 heteroatoms. The molecule has 0 bridgehead atoms. The van der Waals surface area contributed by atoms with Crippen molar-refractivity contribution >= 4 is 22.7 Å². The Balaban J connectivity index is 1.70. The van der Waals surface area contributed by atoms with Crippen LogP contribution in [0.25, 0.3) is 22.2 Å². The zero-order valence-electron chi connectivity index (χ0n) is 17.5. The molecule has 154 valence electrons. The minimum absolute atomic E-state index is 0.200. The van der Waals surface area contributed by atoms with E-state index in [1.54, 1.807) is 18.2 Å². The van der Waals surface area contributed by atoms with Gasteiger partial charge in [0.05, 0.1) is 16.8 Å². The van der Waals surface area contributed by atoms with Crippen LogP contribution in [0, 0.1) is 13.8 Å². The van der Waals surface area contributed by atoms with Crippen LogP contribution < -0.4 is 11.1 Å². The van der Waals surface area contributed by atoms with Crippen LogP contribution in [0.15, 0.2) is 72.8 Å². The van der Waals surface area contributed by atoms with Crippen molar-refractivity contribution in [3.8, 4) is 11.3 Å². The van der Waals surface area contributed by atoms with Crippen LogP contribution in [-0.4, -0.2) is 16.8 Å². The molecule has 3 aromatic carbocycles. The maximum Gasteiger partial charge on any atom is 0.252 e. The number of amides is 2. The first-order valence-corrected chi connectivity index (χ1v) is 10.1. The Morgan fingerprint density at radius 3 is 2.52 bits per heavy atom. The van der Waals surface area contributed by atoms with Crippen molar-refractivity contribution in [1.29, 1.82) is 0 Å². The van der Waals surface area contributed by atoms with Crippen molar-refractivity contribution in [1.82, 2.24) is 10.3 Å². The van der Waals surface area contributed by atoms with Crippen LogP contribution in [0.4, 0.5) is 0 Å². The second kappa shape index (κ2) is 8.40. The summed E-state index contributed by atoms with van der Waals surface area (Å²) in [6.07, 6.45) is 0. The molecule has 4 aromatic rings. The van der Waals surface area contributed by atoms with Gasteiger partial charge in [0.15, 0.2) is 0 Å². The number of pyridine rings is 1.